The zero-order chi connectivity index (χ0) is 28.6. The second kappa shape index (κ2) is 14.1. The van der Waals surface area contributed by atoms with Gasteiger partial charge in [0.1, 0.15) is 17.1 Å². The van der Waals surface area contributed by atoms with Gasteiger partial charge in [-0.25, -0.2) is 0 Å². The summed E-state index contributed by atoms with van der Waals surface area (Å²) in [6, 6.07) is 11.9. The molecule has 0 aliphatic heterocycles. The zero-order valence-corrected chi connectivity index (χ0v) is 26.3. The monoisotopic (exact) mass is 543 g/mol. The first-order valence-corrected chi connectivity index (χ1v) is 15.7. The molecule has 0 bridgehead atoms. The van der Waals surface area contributed by atoms with Gasteiger partial charge in [-0.05, 0) is 77.5 Å². The fourth-order valence-electron chi connectivity index (χ4n) is 4.49. The molecule has 1 unspecified atom stereocenters. The van der Waals surface area contributed by atoms with Crippen LogP contribution in [-0.2, 0) is 16.4 Å². The highest BCUT2D eigenvalue weighted by atomic mass is 32.2. The SMILES string of the molecule is CCCCOc1ccc(C(C)(C)C)cc1C(O)(c1cc(C(C)(C)C)ccc1OCCCC)C(N)CCSC. The molecule has 2 rings (SSSR count). The van der Waals surface area contributed by atoms with E-state index in [1.165, 1.54) is 0 Å². The van der Waals surface area contributed by atoms with Crippen LogP contribution in [0.1, 0.15) is 110 Å². The number of thioether (sulfide) groups is 1. The molecule has 0 amide bonds. The molecular formula is C33H53NO3S. The number of benzene rings is 2. The van der Waals surface area contributed by atoms with Gasteiger partial charge in [0.25, 0.3) is 0 Å². The van der Waals surface area contributed by atoms with Crippen LogP contribution in [0.4, 0.5) is 0 Å². The van der Waals surface area contributed by atoms with Crippen molar-refractivity contribution in [2.75, 3.05) is 25.2 Å². The molecule has 0 aliphatic rings. The second-order valence-corrected chi connectivity index (χ2v) is 13.5. The fourth-order valence-corrected chi connectivity index (χ4v) is 4.98. The molecule has 0 saturated heterocycles. The van der Waals surface area contributed by atoms with Crippen LogP contribution in [0.25, 0.3) is 0 Å². The van der Waals surface area contributed by atoms with Gasteiger partial charge >= 0.3 is 0 Å². The summed E-state index contributed by atoms with van der Waals surface area (Å²) < 4.78 is 12.7. The Bertz CT molecular complexity index is 935. The van der Waals surface area contributed by atoms with Crippen LogP contribution in [0.5, 0.6) is 11.5 Å². The maximum Gasteiger partial charge on any atom is 0.137 e. The molecule has 0 aliphatic carbocycles. The van der Waals surface area contributed by atoms with Crippen molar-refractivity contribution in [1.82, 2.24) is 0 Å². The number of hydrogen-bond donors (Lipinski definition) is 2. The maximum absolute atomic E-state index is 13.0. The molecule has 1 atom stereocenters. The number of ether oxygens (including phenoxy) is 2. The van der Waals surface area contributed by atoms with E-state index >= 15 is 0 Å². The molecule has 0 heterocycles. The lowest BCUT2D eigenvalue weighted by molar-refractivity contribution is 0.0441. The van der Waals surface area contributed by atoms with Crippen molar-refractivity contribution in [3.05, 3.63) is 58.7 Å². The van der Waals surface area contributed by atoms with E-state index in [2.05, 4.69) is 85.9 Å². The summed E-state index contributed by atoms with van der Waals surface area (Å²) in [5.74, 6) is 2.22. The number of nitrogens with two attached hydrogens (primary N) is 1. The third-order valence-electron chi connectivity index (χ3n) is 7.19. The summed E-state index contributed by atoms with van der Waals surface area (Å²) in [5.41, 5.74) is 9.00. The van der Waals surface area contributed by atoms with Crippen molar-refractivity contribution in [2.45, 2.75) is 110 Å². The number of aliphatic hydroxyl groups is 1. The molecule has 38 heavy (non-hydrogen) atoms. The van der Waals surface area contributed by atoms with Crippen molar-refractivity contribution < 1.29 is 14.6 Å². The molecule has 0 aromatic heterocycles. The van der Waals surface area contributed by atoms with Crippen LogP contribution in [0, 0.1) is 0 Å². The standard InChI is InChI=1S/C33H53NO3S/c1-10-12-19-36-28-16-14-24(31(3,4)5)22-26(28)33(35,30(34)18-21-38-9)27-23-25(32(6,7)8)15-17-29(27)37-20-13-11-2/h14-17,22-23,30,35H,10-13,18-21,34H2,1-9H3. The number of rotatable bonds is 14. The summed E-state index contributed by atoms with van der Waals surface area (Å²) >= 11 is 1.74. The molecule has 5 heteroatoms. The Kier molecular flexibility index (Phi) is 12.1. The smallest absolute Gasteiger partial charge is 0.137 e. The van der Waals surface area contributed by atoms with Crippen LogP contribution < -0.4 is 15.2 Å². The Morgan fingerprint density at radius 1 is 0.789 bits per heavy atom. The van der Waals surface area contributed by atoms with E-state index in [4.69, 9.17) is 15.2 Å². The highest BCUT2D eigenvalue weighted by molar-refractivity contribution is 7.98. The van der Waals surface area contributed by atoms with Crippen LogP contribution >= 0.6 is 11.8 Å². The molecule has 0 saturated carbocycles. The molecule has 2 aromatic rings. The highest BCUT2D eigenvalue weighted by Gasteiger charge is 2.43. The van der Waals surface area contributed by atoms with Gasteiger partial charge in [0, 0.05) is 17.2 Å². The predicted molar refractivity (Wildman–Crippen MR) is 165 cm³/mol. The third-order valence-corrected chi connectivity index (χ3v) is 7.84. The molecule has 0 spiro atoms. The van der Waals surface area contributed by atoms with Gasteiger partial charge in [-0.2, -0.15) is 11.8 Å². The van der Waals surface area contributed by atoms with E-state index in [1.54, 1.807) is 11.8 Å². The van der Waals surface area contributed by atoms with E-state index in [1.807, 2.05) is 12.1 Å². The maximum atomic E-state index is 13.0. The van der Waals surface area contributed by atoms with Crippen molar-refractivity contribution >= 4 is 11.8 Å². The van der Waals surface area contributed by atoms with E-state index in [9.17, 15) is 5.11 Å². The first-order valence-electron chi connectivity index (χ1n) is 14.3. The minimum Gasteiger partial charge on any atom is -0.493 e. The fraction of sp³-hybridized carbons (Fsp3) is 0.636. The molecular weight excluding hydrogens is 490 g/mol. The molecule has 0 fully saturated rings. The van der Waals surface area contributed by atoms with Gasteiger partial charge in [0.2, 0.25) is 0 Å². The number of hydrogen-bond acceptors (Lipinski definition) is 5. The summed E-state index contributed by atoms with van der Waals surface area (Å²) in [6.07, 6.45) is 6.70. The van der Waals surface area contributed by atoms with Gasteiger partial charge in [-0.1, -0.05) is 80.4 Å². The predicted octanol–water partition coefficient (Wildman–Crippen LogP) is 7.96. The quantitative estimate of drug-likeness (QED) is 0.237. The Balaban J connectivity index is 2.90. The van der Waals surface area contributed by atoms with E-state index < -0.39 is 11.6 Å². The normalized spacial score (nSPS) is 13.4. The first-order chi connectivity index (χ1) is 17.8. The largest absolute Gasteiger partial charge is 0.493 e. The number of unbranched alkanes of at least 4 members (excludes halogenated alkanes) is 2. The van der Waals surface area contributed by atoms with Crippen LogP contribution in [0.3, 0.4) is 0 Å². The van der Waals surface area contributed by atoms with Gasteiger partial charge in [0.05, 0.1) is 13.2 Å². The van der Waals surface area contributed by atoms with Gasteiger partial charge in [-0.3, -0.25) is 0 Å². The van der Waals surface area contributed by atoms with Crippen LogP contribution in [0.15, 0.2) is 36.4 Å². The van der Waals surface area contributed by atoms with E-state index in [0.717, 1.165) is 53.7 Å². The molecule has 214 valence electrons. The average molecular weight is 544 g/mol. The lowest BCUT2D eigenvalue weighted by Gasteiger charge is -2.39. The summed E-state index contributed by atoms with van der Waals surface area (Å²) in [7, 11) is 0. The summed E-state index contributed by atoms with van der Waals surface area (Å²) in [5, 5.41) is 13.0. The van der Waals surface area contributed by atoms with Gasteiger partial charge in [0.15, 0.2) is 0 Å². The lowest BCUT2D eigenvalue weighted by Crippen LogP contribution is -2.47. The molecule has 2 aromatic carbocycles. The Labute approximate surface area is 237 Å². The summed E-state index contributed by atoms with van der Waals surface area (Å²) in [6.45, 7) is 18.6. The summed E-state index contributed by atoms with van der Waals surface area (Å²) in [4.78, 5) is 0. The Hall–Kier alpha value is -1.69. The highest BCUT2D eigenvalue weighted by Crippen LogP contribution is 2.45. The van der Waals surface area contributed by atoms with Crippen molar-refractivity contribution in [3.63, 3.8) is 0 Å². The van der Waals surface area contributed by atoms with Crippen molar-refractivity contribution in [1.29, 1.82) is 0 Å². The topological polar surface area (TPSA) is 64.7 Å². The van der Waals surface area contributed by atoms with E-state index in [-0.39, 0.29) is 10.8 Å². The Morgan fingerprint density at radius 3 is 1.55 bits per heavy atom. The van der Waals surface area contributed by atoms with Crippen LogP contribution in [0.2, 0.25) is 0 Å². The first kappa shape index (κ1) is 32.5. The van der Waals surface area contributed by atoms with Gasteiger partial charge < -0.3 is 20.3 Å². The zero-order valence-electron chi connectivity index (χ0n) is 25.4. The molecule has 3 N–H and O–H groups in total. The van der Waals surface area contributed by atoms with Crippen LogP contribution in [-0.4, -0.2) is 36.4 Å². The minimum absolute atomic E-state index is 0.102. The minimum atomic E-state index is -1.50. The third kappa shape index (κ3) is 8.16. The lowest BCUT2D eigenvalue weighted by atomic mass is 9.74. The second-order valence-electron chi connectivity index (χ2n) is 12.5. The Morgan fingerprint density at radius 2 is 1.21 bits per heavy atom. The van der Waals surface area contributed by atoms with E-state index in [0.29, 0.717) is 31.1 Å². The molecule has 0 radical (unpaired) electrons. The molecule has 4 nitrogen and oxygen atoms in total. The average Bonchev–Trinajstić information content (AvgIpc) is 2.86. The van der Waals surface area contributed by atoms with Crippen molar-refractivity contribution in [2.24, 2.45) is 5.73 Å². The van der Waals surface area contributed by atoms with Gasteiger partial charge in [-0.15, -0.1) is 0 Å². The van der Waals surface area contributed by atoms with Crippen molar-refractivity contribution in [3.8, 4) is 11.5 Å².